The zero-order chi connectivity index (χ0) is 21.7. The highest BCUT2D eigenvalue weighted by Crippen LogP contribution is 2.54. The lowest BCUT2D eigenvalue weighted by molar-refractivity contribution is -0.385. The fourth-order valence-corrected chi connectivity index (χ4v) is 5.87. The van der Waals surface area contributed by atoms with Crippen molar-refractivity contribution < 1.29 is 19.3 Å². The first-order valence-corrected chi connectivity index (χ1v) is 11.0. The van der Waals surface area contributed by atoms with Gasteiger partial charge in [-0.2, -0.15) is 0 Å². The molecule has 1 aromatic carbocycles. The van der Waals surface area contributed by atoms with Gasteiger partial charge in [0, 0.05) is 25.2 Å². The minimum atomic E-state index is -0.820. The van der Waals surface area contributed by atoms with E-state index in [1.54, 1.807) is 17.0 Å². The Kier molecular flexibility index (Phi) is 4.87. The number of fused-ring (bicyclic) bond motifs is 5. The molecule has 2 aliphatic carbocycles. The van der Waals surface area contributed by atoms with Gasteiger partial charge in [0.25, 0.3) is 5.69 Å². The zero-order valence-electron chi connectivity index (χ0n) is 17.2. The number of non-ortho nitro benzene ring substituents is 1. The van der Waals surface area contributed by atoms with E-state index in [0.717, 1.165) is 25.7 Å². The van der Waals surface area contributed by atoms with Crippen LogP contribution in [0.15, 0.2) is 36.4 Å². The fourth-order valence-electron chi connectivity index (χ4n) is 5.87. The molecule has 31 heavy (non-hydrogen) atoms. The number of benzene rings is 1. The summed E-state index contributed by atoms with van der Waals surface area (Å²) in [5, 5.41) is 11.3. The highest BCUT2D eigenvalue weighted by Gasteiger charge is 2.60. The van der Waals surface area contributed by atoms with Crippen LogP contribution in [-0.4, -0.2) is 45.5 Å². The SMILES string of the molecule is O=C(CC(c1cccc([N+](=O)[O-])c1)N1C(=O)C2C3C=CC(C3)C2C1=O)N1CCCCC1. The molecule has 162 valence electrons. The van der Waals surface area contributed by atoms with E-state index in [0.29, 0.717) is 18.7 Å². The number of hydrogen-bond donors (Lipinski definition) is 0. The van der Waals surface area contributed by atoms with Gasteiger partial charge in [-0.05, 0) is 43.1 Å². The summed E-state index contributed by atoms with van der Waals surface area (Å²) in [5.41, 5.74) is 0.343. The number of imide groups is 1. The minimum Gasteiger partial charge on any atom is -0.343 e. The molecule has 2 bridgehead atoms. The van der Waals surface area contributed by atoms with Gasteiger partial charge in [-0.3, -0.25) is 29.4 Å². The Morgan fingerprint density at radius 2 is 1.71 bits per heavy atom. The summed E-state index contributed by atoms with van der Waals surface area (Å²) in [6.07, 6.45) is 7.81. The number of amides is 3. The van der Waals surface area contributed by atoms with Crippen LogP contribution in [0.3, 0.4) is 0 Å². The predicted octanol–water partition coefficient (Wildman–Crippen LogP) is 2.85. The van der Waals surface area contributed by atoms with E-state index in [2.05, 4.69) is 0 Å². The molecule has 8 nitrogen and oxygen atoms in total. The molecule has 8 heteroatoms. The molecule has 5 unspecified atom stereocenters. The van der Waals surface area contributed by atoms with Gasteiger partial charge in [-0.25, -0.2) is 0 Å². The standard InChI is InChI=1S/C23H25N3O5/c27-19(24-9-2-1-3-10-24)13-18(14-5-4-6-17(12-14)26(30)31)25-22(28)20-15-7-8-16(11-15)21(20)23(25)29/h4-8,12,15-16,18,20-21H,1-3,9-11,13H2. The normalized spacial score (nSPS) is 30.1. The lowest BCUT2D eigenvalue weighted by Crippen LogP contribution is -2.42. The van der Waals surface area contributed by atoms with Crippen molar-refractivity contribution in [1.29, 1.82) is 0 Å². The molecule has 0 radical (unpaired) electrons. The highest BCUT2D eigenvalue weighted by atomic mass is 16.6. The molecule has 2 saturated heterocycles. The average molecular weight is 423 g/mol. The number of rotatable bonds is 5. The molecule has 3 fully saturated rings. The quantitative estimate of drug-likeness (QED) is 0.314. The molecule has 0 N–H and O–H groups in total. The summed E-state index contributed by atoms with van der Waals surface area (Å²) in [6, 6.07) is 5.15. The first kappa shape index (κ1) is 19.9. The maximum absolute atomic E-state index is 13.4. The van der Waals surface area contributed by atoms with Gasteiger partial charge in [-0.15, -0.1) is 0 Å². The summed E-state index contributed by atoms with van der Waals surface area (Å²) >= 11 is 0. The van der Waals surface area contributed by atoms with Gasteiger partial charge in [-0.1, -0.05) is 24.3 Å². The zero-order valence-corrected chi connectivity index (χ0v) is 17.2. The van der Waals surface area contributed by atoms with E-state index < -0.39 is 11.0 Å². The van der Waals surface area contributed by atoms with Gasteiger partial charge in [0.05, 0.1) is 29.2 Å². The van der Waals surface area contributed by atoms with E-state index >= 15 is 0 Å². The smallest absolute Gasteiger partial charge is 0.269 e. The van der Waals surface area contributed by atoms with Crippen LogP contribution in [-0.2, 0) is 14.4 Å². The number of nitro groups is 1. The molecule has 1 saturated carbocycles. The average Bonchev–Trinajstić information content (AvgIpc) is 3.47. The van der Waals surface area contributed by atoms with Gasteiger partial charge >= 0.3 is 0 Å². The largest absolute Gasteiger partial charge is 0.343 e. The van der Waals surface area contributed by atoms with Crippen molar-refractivity contribution in [2.45, 2.75) is 38.1 Å². The predicted molar refractivity (Wildman–Crippen MR) is 110 cm³/mol. The first-order chi connectivity index (χ1) is 15.0. The Labute approximate surface area is 180 Å². The summed E-state index contributed by atoms with van der Waals surface area (Å²) in [7, 11) is 0. The van der Waals surface area contributed by atoms with Crippen molar-refractivity contribution in [3.05, 3.63) is 52.1 Å². The van der Waals surface area contributed by atoms with Gasteiger partial charge in [0.15, 0.2) is 0 Å². The van der Waals surface area contributed by atoms with Crippen molar-refractivity contribution in [2.24, 2.45) is 23.7 Å². The van der Waals surface area contributed by atoms with Crippen LogP contribution < -0.4 is 0 Å². The monoisotopic (exact) mass is 423 g/mol. The van der Waals surface area contributed by atoms with Crippen LogP contribution in [0, 0.1) is 33.8 Å². The van der Waals surface area contributed by atoms with Crippen LogP contribution >= 0.6 is 0 Å². The van der Waals surface area contributed by atoms with Crippen molar-refractivity contribution in [3.63, 3.8) is 0 Å². The number of allylic oxidation sites excluding steroid dienone is 2. The summed E-state index contributed by atoms with van der Waals surface area (Å²) < 4.78 is 0. The molecular weight excluding hydrogens is 398 g/mol. The third-order valence-electron chi connectivity index (χ3n) is 7.36. The second-order valence-electron chi connectivity index (χ2n) is 9.06. The molecule has 4 aliphatic rings. The van der Waals surface area contributed by atoms with E-state index in [4.69, 9.17) is 0 Å². The second-order valence-corrected chi connectivity index (χ2v) is 9.06. The van der Waals surface area contributed by atoms with E-state index in [1.807, 2.05) is 12.2 Å². The summed E-state index contributed by atoms with van der Waals surface area (Å²) in [5.74, 6) is -1.19. The third kappa shape index (κ3) is 3.25. The first-order valence-electron chi connectivity index (χ1n) is 11.0. The van der Waals surface area contributed by atoms with E-state index in [1.165, 1.54) is 17.0 Å². The molecule has 0 spiro atoms. The van der Waals surface area contributed by atoms with Gasteiger partial charge in [0.2, 0.25) is 17.7 Å². The van der Waals surface area contributed by atoms with Crippen LogP contribution in [0.4, 0.5) is 5.69 Å². The molecule has 3 amide bonds. The molecule has 2 heterocycles. The summed E-state index contributed by atoms with van der Waals surface area (Å²) in [4.78, 5) is 53.7. The number of likely N-dealkylation sites (tertiary alicyclic amines) is 2. The van der Waals surface area contributed by atoms with E-state index in [9.17, 15) is 24.5 Å². The Morgan fingerprint density at radius 3 is 2.32 bits per heavy atom. The Balaban J connectivity index is 1.49. The Morgan fingerprint density at radius 1 is 1.06 bits per heavy atom. The number of hydrogen-bond acceptors (Lipinski definition) is 5. The third-order valence-corrected chi connectivity index (χ3v) is 7.36. The number of nitro benzene ring substituents is 1. The van der Waals surface area contributed by atoms with Crippen LogP contribution in [0.1, 0.15) is 43.7 Å². The number of carbonyl (C=O) groups is 3. The van der Waals surface area contributed by atoms with Crippen molar-refractivity contribution in [3.8, 4) is 0 Å². The molecule has 2 aliphatic heterocycles. The maximum Gasteiger partial charge on any atom is 0.269 e. The van der Waals surface area contributed by atoms with Crippen molar-refractivity contribution in [2.75, 3.05) is 13.1 Å². The molecule has 5 rings (SSSR count). The van der Waals surface area contributed by atoms with E-state index in [-0.39, 0.29) is 53.5 Å². The highest BCUT2D eigenvalue weighted by molar-refractivity contribution is 6.07. The van der Waals surface area contributed by atoms with Crippen molar-refractivity contribution >= 4 is 23.4 Å². The topological polar surface area (TPSA) is 101 Å². The molecule has 1 aromatic rings. The molecule has 0 aromatic heterocycles. The Hall–Kier alpha value is -3.03. The maximum atomic E-state index is 13.4. The molecule has 5 atom stereocenters. The van der Waals surface area contributed by atoms with Crippen LogP contribution in [0.5, 0.6) is 0 Å². The number of carbonyl (C=O) groups excluding carboxylic acids is 3. The van der Waals surface area contributed by atoms with Crippen LogP contribution in [0.2, 0.25) is 0 Å². The summed E-state index contributed by atoms with van der Waals surface area (Å²) in [6.45, 7) is 1.34. The lowest BCUT2D eigenvalue weighted by atomic mass is 9.85. The number of piperidine rings is 1. The molecular formula is C23H25N3O5. The lowest BCUT2D eigenvalue weighted by Gasteiger charge is -2.32. The fraction of sp³-hybridized carbons (Fsp3) is 0.522. The second kappa shape index (κ2) is 7.59. The van der Waals surface area contributed by atoms with Crippen LogP contribution in [0.25, 0.3) is 0 Å². The van der Waals surface area contributed by atoms with Gasteiger partial charge < -0.3 is 4.90 Å². The minimum absolute atomic E-state index is 0.0408. The van der Waals surface area contributed by atoms with Crippen molar-refractivity contribution in [1.82, 2.24) is 9.80 Å². The Bertz CT molecular complexity index is 953. The van der Waals surface area contributed by atoms with Gasteiger partial charge in [0.1, 0.15) is 0 Å². The number of nitrogens with zero attached hydrogens (tertiary/aromatic N) is 3.